The summed E-state index contributed by atoms with van der Waals surface area (Å²) >= 11 is 0. The molecule has 1 saturated heterocycles. The number of hydrogen-bond donors (Lipinski definition) is 1. The van der Waals surface area contributed by atoms with E-state index < -0.39 is 0 Å². The van der Waals surface area contributed by atoms with Gasteiger partial charge in [0.1, 0.15) is 5.75 Å². The molecular formula is C14H20N2O. The first-order valence-corrected chi connectivity index (χ1v) is 6.45. The summed E-state index contributed by atoms with van der Waals surface area (Å²) in [5.41, 5.74) is 7.60. The predicted octanol–water partition coefficient (Wildman–Crippen LogP) is 1.93. The van der Waals surface area contributed by atoms with Crippen LogP contribution in [-0.2, 0) is 0 Å². The highest BCUT2D eigenvalue weighted by Crippen LogP contribution is 2.40. The molecule has 2 N–H and O–H groups in total. The molecule has 1 aromatic carbocycles. The Morgan fingerprint density at radius 1 is 1.18 bits per heavy atom. The molecule has 2 fully saturated rings. The molecule has 0 aromatic heterocycles. The molecule has 2 atom stereocenters. The first-order valence-electron chi connectivity index (χ1n) is 6.45. The fourth-order valence-electron chi connectivity index (χ4n) is 2.90. The molecule has 0 radical (unpaired) electrons. The standard InChI is InChI=1S/C14H20N2O/c1-17-12-6-2-10(3-7-12)14-13(15)8-9-16(14)11-4-5-11/h2-3,6-7,11,13-14H,4-5,8-9,15H2,1H3. The van der Waals surface area contributed by atoms with Gasteiger partial charge < -0.3 is 10.5 Å². The van der Waals surface area contributed by atoms with Crippen LogP contribution in [0, 0.1) is 0 Å². The number of nitrogens with two attached hydrogens (primary N) is 1. The van der Waals surface area contributed by atoms with Gasteiger partial charge in [0, 0.05) is 18.6 Å². The molecule has 1 aliphatic heterocycles. The van der Waals surface area contributed by atoms with Crippen LogP contribution >= 0.6 is 0 Å². The zero-order chi connectivity index (χ0) is 11.8. The summed E-state index contributed by atoms with van der Waals surface area (Å²) in [6.07, 6.45) is 3.81. The molecule has 2 unspecified atom stereocenters. The van der Waals surface area contributed by atoms with E-state index in [4.69, 9.17) is 10.5 Å². The van der Waals surface area contributed by atoms with Crippen molar-refractivity contribution >= 4 is 0 Å². The van der Waals surface area contributed by atoms with Crippen molar-refractivity contribution < 1.29 is 4.74 Å². The number of ether oxygens (including phenoxy) is 1. The number of likely N-dealkylation sites (tertiary alicyclic amines) is 1. The number of nitrogens with zero attached hydrogens (tertiary/aromatic N) is 1. The molecule has 3 heteroatoms. The van der Waals surface area contributed by atoms with E-state index in [0.29, 0.717) is 6.04 Å². The Morgan fingerprint density at radius 2 is 1.88 bits per heavy atom. The first kappa shape index (κ1) is 11.1. The van der Waals surface area contributed by atoms with Crippen LogP contribution in [0.2, 0.25) is 0 Å². The molecule has 2 aliphatic rings. The monoisotopic (exact) mass is 232 g/mol. The minimum atomic E-state index is 0.281. The molecule has 0 spiro atoms. The summed E-state index contributed by atoms with van der Waals surface area (Å²) < 4.78 is 5.20. The molecule has 0 bridgehead atoms. The largest absolute Gasteiger partial charge is 0.497 e. The van der Waals surface area contributed by atoms with Crippen molar-refractivity contribution in [3.63, 3.8) is 0 Å². The van der Waals surface area contributed by atoms with E-state index in [9.17, 15) is 0 Å². The second-order valence-electron chi connectivity index (χ2n) is 5.14. The number of hydrogen-bond acceptors (Lipinski definition) is 3. The minimum absolute atomic E-state index is 0.281. The summed E-state index contributed by atoms with van der Waals surface area (Å²) in [7, 11) is 1.70. The predicted molar refractivity (Wildman–Crippen MR) is 68.1 cm³/mol. The van der Waals surface area contributed by atoms with Crippen LogP contribution in [0.4, 0.5) is 0 Å². The van der Waals surface area contributed by atoms with Gasteiger partial charge in [-0.3, -0.25) is 4.90 Å². The molecule has 0 amide bonds. The molecule has 1 aromatic rings. The third-order valence-corrected chi connectivity index (χ3v) is 3.96. The number of rotatable bonds is 3. The Hall–Kier alpha value is -1.06. The van der Waals surface area contributed by atoms with E-state index in [1.807, 2.05) is 12.1 Å². The van der Waals surface area contributed by atoms with Crippen molar-refractivity contribution in [3.8, 4) is 5.75 Å². The Bertz CT molecular complexity index is 386. The summed E-state index contributed by atoms with van der Waals surface area (Å²) in [4.78, 5) is 2.59. The number of benzene rings is 1. The van der Waals surface area contributed by atoms with Gasteiger partial charge >= 0.3 is 0 Å². The molecule has 1 saturated carbocycles. The van der Waals surface area contributed by atoms with Gasteiger partial charge in [-0.2, -0.15) is 0 Å². The van der Waals surface area contributed by atoms with E-state index in [0.717, 1.165) is 24.8 Å². The molecule has 3 rings (SSSR count). The topological polar surface area (TPSA) is 38.5 Å². The van der Waals surface area contributed by atoms with E-state index in [-0.39, 0.29) is 6.04 Å². The average Bonchev–Trinajstić information content (AvgIpc) is 3.13. The van der Waals surface area contributed by atoms with E-state index in [1.165, 1.54) is 18.4 Å². The molecule has 17 heavy (non-hydrogen) atoms. The summed E-state index contributed by atoms with van der Waals surface area (Å²) in [5, 5.41) is 0. The van der Waals surface area contributed by atoms with Gasteiger partial charge in [-0.05, 0) is 37.0 Å². The lowest BCUT2D eigenvalue weighted by Crippen LogP contribution is -2.33. The highest BCUT2D eigenvalue weighted by atomic mass is 16.5. The smallest absolute Gasteiger partial charge is 0.118 e. The minimum Gasteiger partial charge on any atom is -0.497 e. The van der Waals surface area contributed by atoms with Crippen LogP contribution in [0.1, 0.15) is 30.9 Å². The van der Waals surface area contributed by atoms with E-state index >= 15 is 0 Å². The second kappa shape index (κ2) is 4.31. The van der Waals surface area contributed by atoms with Crippen LogP contribution in [0.25, 0.3) is 0 Å². The molecule has 1 aliphatic carbocycles. The van der Waals surface area contributed by atoms with Crippen molar-refractivity contribution in [2.45, 2.75) is 37.4 Å². The van der Waals surface area contributed by atoms with Crippen LogP contribution in [0.5, 0.6) is 5.75 Å². The van der Waals surface area contributed by atoms with Gasteiger partial charge in [-0.15, -0.1) is 0 Å². The SMILES string of the molecule is COc1ccc(C2C(N)CCN2C2CC2)cc1. The van der Waals surface area contributed by atoms with Gasteiger partial charge in [0.05, 0.1) is 13.2 Å². The Balaban J connectivity index is 1.84. The van der Waals surface area contributed by atoms with E-state index in [2.05, 4.69) is 17.0 Å². The molecular weight excluding hydrogens is 212 g/mol. The van der Waals surface area contributed by atoms with Crippen LogP contribution in [0.3, 0.4) is 0 Å². The Kier molecular flexibility index (Phi) is 2.81. The highest BCUT2D eigenvalue weighted by molar-refractivity contribution is 5.31. The molecule has 3 nitrogen and oxygen atoms in total. The van der Waals surface area contributed by atoms with Crippen LogP contribution in [0.15, 0.2) is 24.3 Å². The maximum atomic E-state index is 6.26. The van der Waals surface area contributed by atoms with Gasteiger partial charge in [0.2, 0.25) is 0 Å². The van der Waals surface area contributed by atoms with Crippen LogP contribution in [-0.4, -0.2) is 30.6 Å². The van der Waals surface area contributed by atoms with Gasteiger partial charge in [-0.25, -0.2) is 0 Å². The quantitative estimate of drug-likeness (QED) is 0.865. The Labute approximate surface area is 103 Å². The molecule has 1 heterocycles. The lowest BCUT2D eigenvalue weighted by atomic mass is 10.0. The Morgan fingerprint density at radius 3 is 2.47 bits per heavy atom. The first-order chi connectivity index (χ1) is 8.29. The van der Waals surface area contributed by atoms with Gasteiger partial charge in [0.25, 0.3) is 0 Å². The maximum Gasteiger partial charge on any atom is 0.118 e. The third-order valence-electron chi connectivity index (χ3n) is 3.96. The number of methoxy groups -OCH3 is 1. The lowest BCUT2D eigenvalue weighted by molar-refractivity contribution is 0.237. The second-order valence-corrected chi connectivity index (χ2v) is 5.14. The summed E-state index contributed by atoms with van der Waals surface area (Å²) in [6.45, 7) is 1.16. The zero-order valence-corrected chi connectivity index (χ0v) is 10.3. The maximum absolute atomic E-state index is 6.26. The van der Waals surface area contributed by atoms with Crippen molar-refractivity contribution in [2.24, 2.45) is 5.73 Å². The highest BCUT2D eigenvalue weighted by Gasteiger charge is 2.41. The summed E-state index contributed by atoms with van der Waals surface area (Å²) in [5.74, 6) is 0.915. The normalized spacial score (nSPS) is 29.5. The van der Waals surface area contributed by atoms with Gasteiger partial charge in [0.15, 0.2) is 0 Å². The summed E-state index contributed by atoms with van der Waals surface area (Å²) in [6, 6.07) is 9.86. The lowest BCUT2D eigenvalue weighted by Gasteiger charge is -2.27. The fraction of sp³-hybridized carbons (Fsp3) is 0.571. The third kappa shape index (κ3) is 2.05. The average molecular weight is 232 g/mol. The van der Waals surface area contributed by atoms with Crippen molar-refractivity contribution in [1.29, 1.82) is 0 Å². The van der Waals surface area contributed by atoms with Gasteiger partial charge in [-0.1, -0.05) is 12.1 Å². The van der Waals surface area contributed by atoms with Crippen molar-refractivity contribution in [2.75, 3.05) is 13.7 Å². The molecule has 92 valence electrons. The fourth-order valence-corrected chi connectivity index (χ4v) is 2.90. The zero-order valence-electron chi connectivity index (χ0n) is 10.3. The van der Waals surface area contributed by atoms with Crippen molar-refractivity contribution in [1.82, 2.24) is 4.90 Å². The van der Waals surface area contributed by atoms with E-state index in [1.54, 1.807) is 7.11 Å². The van der Waals surface area contributed by atoms with Crippen molar-refractivity contribution in [3.05, 3.63) is 29.8 Å². The van der Waals surface area contributed by atoms with Crippen LogP contribution < -0.4 is 10.5 Å².